The van der Waals surface area contributed by atoms with E-state index in [1.54, 1.807) is 0 Å². The zero-order valence-corrected chi connectivity index (χ0v) is 12.7. The predicted octanol–water partition coefficient (Wildman–Crippen LogP) is 1.37. The Labute approximate surface area is 117 Å². The minimum atomic E-state index is -0.384. The highest BCUT2D eigenvalue weighted by atomic mass is 16.2. The van der Waals surface area contributed by atoms with Crippen molar-refractivity contribution in [3.63, 3.8) is 0 Å². The summed E-state index contributed by atoms with van der Waals surface area (Å²) in [6, 6.07) is 0.394. The number of nitrogens with one attached hydrogen (secondary N) is 2. The van der Waals surface area contributed by atoms with E-state index in [4.69, 9.17) is 0 Å². The molecule has 2 fully saturated rings. The van der Waals surface area contributed by atoms with E-state index in [0.29, 0.717) is 6.04 Å². The zero-order chi connectivity index (χ0) is 13.9. The molecule has 0 spiro atoms. The Kier molecular flexibility index (Phi) is 4.85. The topological polar surface area (TPSA) is 44.4 Å². The SMILES string of the molecule is CC1CCC(NC(=O)C(C)(C)N2CCNCC2)CC1. The maximum atomic E-state index is 12.5. The van der Waals surface area contributed by atoms with Crippen molar-refractivity contribution in [1.29, 1.82) is 0 Å². The van der Waals surface area contributed by atoms with Gasteiger partial charge in [0.05, 0.1) is 5.54 Å². The molecule has 1 heterocycles. The van der Waals surface area contributed by atoms with Gasteiger partial charge in [-0.1, -0.05) is 6.92 Å². The van der Waals surface area contributed by atoms with Crippen LogP contribution in [0.3, 0.4) is 0 Å². The van der Waals surface area contributed by atoms with Crippen molar-refractivity contribution in [3.8, 4) is 0 Å². The van der Waals surface area contributed by atoms with Gasteiger partial charge in [-0.2, -0.15) is 0 Å². The lowest BCUT2D eigenvalue weighted by molar-refractivity contribution is -0.133. The molecular formula is C15H29N3O. The maximum absolute atomic E-state index is 12.5. The minimum absolute atomic E-state index is 0.203. The Hall–Kier alpha value is -0.610. The van der Waals surface area contributed by atoms with Crippen LogP contribution in [0, 0.1) is 5.92 Å². The van der Waals surface area contributed by atoms with Crippen molar-refractivity contribution in [2.45, 2.75) is 58.0 Å². The largest absolute Gasteiger partial charge is 0.352 e. The first-order valence-corrected chi connectivity index (χ1v) is 7.77. The van der Waals surface area contributed by atoms with Gasteiger partial charge in [-0.15, -0.1) is 0 Å². The van der Waals surface area contributed by atoms with Crippen LogP contribution >= 0.6 is 0 Å². The lowest BCUT2D eigenvalue weighted by atomic mass is 9.87. The molecule has 4 heteroatoms. The average molecular weight is 267 g/mol. The Morgan fingerprint density at radius 1 is 1.16 bits per heavy atom. The molecular weight excluding hydrogens is 238 g/mol. The number of hydrogen-bond donors (Lipinski definition) is 2. The molecule has 1 saturated carbocycles. The molecule has 0 aromatic rings. The first kappa shape index (κ1) is 14.8. The van der Waals surface area contributed by atoms with Crippen LogP contribution in [0.15, 0.2) is 0 Å². The summed E-state index contributed by atoms with van der Waals surface area (Å²) < 4.78 is 0. The van der Waals surface area contributed by atoms with E-state index < -0.39 is 0 Å². The Morgan fingerprint density at radius 3 is 2.32 bits per heavy atom. The van der Waals surface area contributed by atoms with Crippen LogP contribution in [0.1, 0.15) is 46.5 Å². The summed E-state index contributed by atoms with van der Waals surface area (Å²) in [4.78, 5) is 14.8. The third kappa shape index (κ3) is 3.69. The molecule has 0 radical (unpaired) electrons. The van der Waals surface area contributed by atoms with E-state index in [1.165, 1.54) is 12.8 Å². The maximum Gasteiger partial charge on any atom is 0.240 e. The fraction of sp³-hybridized carbons (Fsp3) is 0.933. The first-order valence-electron chi connectivity index (χ1n) is 7.77. The minimum Gasteiger partial charge on any atom is -0.352 e. The van der Waals surface area contributed by atoms with Crippen molar-refractivity contribution < 1.29 is 4.79 Å². The molecule has 2 aliphatic rings. The van der Waals surface area contributed by atoms with Crippen molar-refractivity contribution in [3.05, 3.63) is 0 Å². The number of hydrogen-bond acceptors (Lipinski definition) is 3. The molecule has 1 saturated heterocycles. The quantitative estimate of drug-likeness (QED) is 0.811. The van der Waals surface area contributed by atoms with E-state index >= 15 is 0 Å². The van der Waals surface area contributed by atoms with Crippen LogP contribution in [-0.2, 0) is 4.79 Å². The number of rotatable bonds is 3. The lowest BCUT2D eigenvalue weighted by Crippen LogP contribution is -2.61. The summed E-state index contributed by atoms with van der Waals surface area (Å²) in [5, 5.41) is 6.61. The number of carbonyl (C=O) groups excluding carboxylic acids is 1. The smallest absolute Gasteiger partial charge is 0.240 e. The van der Waals surface area contributed by atoms with Gasteiger partial charge in [-0.25, -0.2) is 0 Å². The van der Waals surface area contributed by atoms with E-state index in [1.807, 2.05) is 0 Å². The molecule has 0 unspecified atom stereocenters. The second-order valence-electron chi connectivity index (χ2n) is 6.73. The molecule has 2 N–H and O–H groups in total. The third-order valence-corrected chi connectivity index (χ3v) is 4.81. The molecule has 1 amide bonds. The molecule has 0 aromatic carbocycles. The van der Waals surface area contributed by atoms with Crippen LogP contribution in [0.4, 0.5) is 0 Å². The van der Waals surface area contributed by atoms with Crippen LogP contribution in [-0.4, -0.2) is 48.6 Å². The summed E-state index contributed by atoms with van der Waals surface area (Å²) in [6.45, 7) is 10.3. The van der Waals surface area contributed by atoms with Gasteiger partial charge < -0.3 is 10.6 Å². The van der Waals surface area contributed by atoms with E-state index in [2.05, 4.69) is 36.3 Å². The fourth-order valence-electron chi connectivity index (χ4n) is 3.13. The van der Waals surface area contributed by atoms with Gasteiger partial charge in [-0.05, 0) is 45.4 Å². The molecule has 4 nitrogen and oxygen atoms in total. The second-order valence-corrected chi connectivity index (χ2v) is 6.73. The van der Waals surface area contributed by atoms with E-state index in [9.17, 15) is 4.79 Å². The molecule has 19 heavy (non-hydrogen) atoms. The monoisotopic (exact) mass is 267 g/mol. The summed E-state index contributed by atoms with van der Waals surface area (Å²) in [5.74, 6) is 1.03. The highest BCUT2D eigenvalue weighted by molar-refractivity contribution is 5.85. The summed E-state index contributed by atoms with van der Waals surface area (Å²) in [7, 11) is 0. The van der Waals surface area contributed by atoms with Crippen LogP contribution in [0.25, 0.3) is 0 Å². The number of piperazine rings is 1. The molecule has 0 atom stereocenters. The van der Waals surface area contributed by atoms with Crippen molar-refractivity contribution in [2.24, 2.45) is 5.92 Å². The van der Waals surface area contributed by atoms with Gasteiger partial charge in [0.25, 0.3) is 0 Å². The second kappa shape index (κ2) is 6.23. The summed E-state index contributed by atoms with van der Waals surface area (Å²) in [6.07, 6.45) is 4.78. The lowest BCUT2D eigenvalue weighted by Gasteiger charge is -2.41. The van der Waals surface area contributed by atoms with E-state index in [-0.39, 0.29) is 11.4 Å². The van der Waals surface area contributed by atoms with Gasteiger partial charge in [0.2, 0.25) is 5.91 Å². The van der Waals surface area contributed by atoms with Crippen LogP contribution in [0.5, 0.6) is 0 Å². The van der Waals surface area contributed by atoms with Gasteiger partial charge in [0.1, 0.15) is 0 Å². The first-order chi connectivity index (χ1) is 9.00. The standard InChI is InChI=1S/C15H29N3O/c1-12-4-6-13(7-5-12)17-14(19)15(2,3)18-10-8-16-9-11-18/h12-13,16H,4-11H2,1-3H3,(H,17,19). The van der Waals surface area contributed by atoms with Gasteiger partial charge in [0, 0.05) is 32.2 Å². The predicted molar refractivity (Wildman–Crippen MR) is 78.1 cm³/mol. The summed E-state index contributed by atoms with van der Waals surface area (Å²) in [5.41, 5.74) is -0.384. The highest BCUT2D eigenvalue weighted by Gasteiger charge is 2.36. The zero-order valence-electron chi connectivity index (χ0n) is 12.7. The van der Waals surface area contributed by atoms with Crippen molar-refractivity contribution in [1.82, 2.24) is 15.5 Å². The molecule has 2 rings (SSSR count). The number of nitrogens with zero attached hydrogens (tertiary/aromatic N) is 1. The molecule has 1 aliphatic carbocycles. The van der Waals surface area contributed by atoms with Crippen LogP contribution in [0.2, 0.25) is 0 Å². The van der Waals surface area contributed by atoms with Gasteiger partial charge >= 0.3 is 0 Å². The molecule has 0 bridgehead atoms. The average Bonchev–Trinajstić information content (AvgIpc) is 2.42. The molecule has 110 valence electrons. The van der Waals surface area contributed by atoms with Crippen molar-refractivity contribution >= 4 is 5.91 Å². The van der Waals surface area contributed by atoms with Gasteiger partial charge in [0.15, 0.2) is 0 Å². The Morgan fingerprint density at radius 2 is 1.74 bits per heavy atom. The summed E-state index contributed by atoms with van der Waals surface area (Å²) >= 11 is 0. The molecule has 0 aromatic heterocycles. The number of amides is 1. The highest BCUT2D eigenvalue weighted by Crippen LogP contribution is 2.24. The fourth-order valence-corrected chi connectivity index (χ4v) is 3.13. The third-order valence-electron chi connectivity index (χ3n) is 4.81. The Balaban J connectivity index is 1.87. The van der Waals surface area contributed by atoms with Crippen molar-refractivity contribution in [2.75, 3.05) is 26.2 Å². The van der Waals surface area contributed by atoms with Crippen LogP contribution < -0.4 is 10.6 Å². The van der Waals surface area contributed by atoms with E-state index in [0.717, 1.165) is 44.9 Å². The molecule has 1 aliphatic heterocycles. The number of carbonyl (C=O) groups is 1. The van der Waals surface area contributed by atoms with Gasteiger partial charge in [-0.3, -0.25) is 9.69 Å². The Bertz CT molecular complexity index is 303. The normalized spacial score (nSPS) is 30.1.